The average molecular weight is 249 g/mol. The van der Waals surface area contributed by atoms with E-state index in [1.807, 2.05) is 13.8 Å². The molecule has 0 aromatic rings. The van der Waals surface area contributed by atoms with Gasteiger partial charge in [-0.15, -0.1) is 0 Å². The third-order valence-corrected chi connectivity index (χ3v) is 4.27. The minimum Gasteiger partial charge on any atom is -0.354 e. The van der Waals surface area contributed by atoms with Gasteiger partial charge in [0, 0.05) is 12.6 Å². The first-order valence-electron chi connectivity index (χ1n) is 6.96. The summed E-state index contributed by atoms with van der Waals surface area (Å²) in [5, 5.41) is 12.0. The number of nitrogens with one attached hydrogen (secondary N) is 1. The number of carbonyl (C=O) groups excluding carboxylic acids is 1. The zero-order valence-electron chi connectivity index (χ0n) is 11.4. The Hall–Kier alpha value is -1.08. The van der Waals surface area contributed by atoms with Crippen molar-refractivity contribution in [1.29, 1.82) is 5.26 Å². The number of piperidine rings is 1. The second-order valence-corrected chi connectivity index (χ2v) is 6.20. The van der Waals surface area contributed by atoms with E-state index in [0.717, 1.165) is 45.3 Å². The van der Waals surface area contributed by atoms with Gasteiger partial charge in [-0.25, -0.2) is 0 Å². The molecular formula is C14H23N3O. The van der Waals surface area contributed by atoms with Gasteiger partial charge in [-0.05, 0) is 52.6 Å². The number of rotatable bonds is 4. The predicted molar refractivity (Wildman–Crippen MR) is 69.7 cm³/mol. The zero-order chi connectivity index (χ0) is 13.2. The fraction of sp³-hybridized carbons (Fsp3) is 0.857. The van der Waals surface area contributed by atoms with E-state index in [-0.39, 0.29) is 17.2 Å². The summed E-state index contributed by atoms with van der Waals surface area (Å²) in [4.78, 5) is 14.1. The first-order valence-corrected chi connectivity index (χ1v) is 6.96. The Labute approximate surface area is 109 Å². The number of fused-ring (bicyclic) bond motifs is 1. The molecule has 2 saturated heterocycles. The topological polar surface area (TPSA) is 56.1 Å². The molecule has 0 aliphatic carbocycles. The van der Waals surface area contributed by atoms with E-state index in [0.29, 0.717) is 6.04 Å². The van der Waals surface area contributed by atoms with Crippen molar-refractivity contribution in [3.05, 3.63) is 0 Å². The van der Waals surface area contributed by atoms with Crippen LogP contribution in [0.2, 0.25) is 0 Å². The smallest absolute Gasteiger partial charge is 0.224 e. The van der Waals surface area contributed by atoms with Crippen molar-refractivity contribution in [2.24, 2.45) is 11.3 Å². The first-order chi connectivity index (χ1) is 8.53. The molecule has 4 heteroatoms. The van der Waals surface area contributed by atoms with Crippen LogP contribution < -0.4 is 5.32 Å². The molecule has 0 spiro atoms. The standard InChI is InChI=1S/C14H23N3O/c1-14(2,10-15)6-4-8-17-7-3-5-11-12(17)9-16-13(11)18/h11-12H,3-9H2,1-2H3,(H,16,18). The molecule has 0 radical (unpaired) electrons. The summed E-state index contributed by atoms with van der Waals surface area (Å²) in [5.74, 6) is 0.449. The molecule has 0 aromatic carbocycles. The van der Waals surface area contributed by atoms with Crippen molar-refractivity contribution in [3.8, 4) is 6.07 Å². The largest absolute Gasteiger partial charge is 0.354 e. The Morgan fingerprint density at radius 1 is 1.56 bits per heavy atom. The lowest BCUT2D eigenvalue weighted by Gasteiger charge is -2.36. The van der Waals surface area contributed by atoms with Gasteiger partial charge in [-0.2, -0.15) is 5.26 Å². The van der Waals surface area contributed by atoms with Crippen molar-refractivity contribution in [2.45, 2.75) is 45.6 Å². The highest BCUT2D eigenvalue weighted by Crippen LogP contribution is 2.28. The second kappa shape index (κ2) is 5.27. The lowest BCUT2D eigenvalue weighted by Crippen LogP contribution is -2.45. The summed E-state index contributed by atoms with van der Waals surface area (Å²) in [6, 6.07) is 2.75. The molecule has 2 rings (SSSR count). The van der Waals surface area contributed by atoms with E-state index in [1.165, 1.54) is 0 Å². The van der Waals surface area contributed by atoms with Crippen molar-refractivity contribution in [3.63, 3.8) is 0 Å². The molecule has 0 aromatic heterocycles. The van der Waals surface area contributed by atoms with Crippen molar-refractivity contribution >= 4 is 5.91 Å². The summed E-state index contributed by atoms with van der Waals surface area (Å²) >= 11 is 0. The van der Waals surface area contributed by atoms with Gasteiger partial charge in [0.15, 0.2) is 0 Å². The van der Waals surface area contributed by atoms with E-state index in [4.69, 9.17) is 5.26 Å². The van der Waals surface area contributed by atoms with Gasteiger partial charge in [-0.1, -0.05) is 0 Å². The number of hydrogen-bond acceptors (Lipinski definition) is 3. The number of amides is 1. The SMILES string of the molecule is CC(C)(C#N)CCCN1CCCC2C(=O)NCC21. The molecule has 2 aliphatic heterocycles. The van der Waals surface area contributed by atoms with Crippen LogP contribution in [0.3, 0.4) is 0 Å². The molecule has 2 unspecified atom stereocenters. The van der Waals surface area contributed by atoms with E-state index < -0.39 is 0 Å². The van der Waals surface area contributed by atoms with Gasteiger partial charge in [0.05, 0.1) is 17.4 Å². The van der Waals surface area contributed by atoms with Crippen LogP contribution in [0.15, 0.2) is 0 Å². The van der Waals surface area contributed by atoms with Crippen molar-refractivity contribution in [1.82, 2.24) is 10.2 Å². The number of hydrogen-bond donors (Lipinski definition) is 1. The maximum atomic E-state index is 11.7. The molecule has 4 nitrogen and oxygen atoms in total. The molecule has 2 atom stereocenters. The van der Waals surface area contributed by atoms with Crippen LogP contribution in [-0.2, 0) is 4.79 Å². The van der Waals surface area contributed by atoms with E-state index in [1.54, 1.807) is 0 Å². The molecule has 1 N–H and O–H groups in total. The van der Waals surface area contributed by atoms with Crippen molar-refractivity contribution in [2.75, 3.05) is 19.6 Å². The third kappa shape index (κ3) is 2.84. The van der Waals surface area contributed by atoms with Gasteiger partial charge in [0.1, 0.15) is 0 Å². The molecule has 2 heterocycles. The highest BCUT2D eigenvalue weighted by Gasteiger charge is 2.40. The first kappa shape index (κ1) is 13.4. The summed E-state index contributed by atoms with van der Waals surface area (Å²) in [5.41, 5.74) is -0.223. The van der Waals surface area contributed by atoms with Crippen LogP contribution in [0.25, 0.3) is 0 Å². The molecule has 1 amide bonds. The second-order valence-electron chi connectivity index (χ2n) is 6.20. The molecule has 2 fully saturated rings. The van der Waals surface area contributed by atoms with Crippen LogP contribution in [0.5, 0.6) is 0 Å². The highest BCUT2D eigenvalue weighted by molar-refractivity contribution is 5.82. The van der Waals surface area contributed by atoms with Crippen LogP contribution in [0.4, 0.5) is 0 Å². The van der Waals surface area contributed by atoms with E-state index >= 15 is 0 Å². The normalized spacial score (nSPS) is 28.6. The quantitative estimate of drug-likeness (QED) is 0.822. The molecule has 2 aliphatic rings. The number of likely N-dealkylation sites (tertiary alicyclic amines) is 1. The number of nitrogens with zero attached hydrogens (tertiary/aromatic N) is 2. The van der Waals surface area contributed by atoms with Crippen molar-refractivity contribution < 1.29 is 4.79 Å². The minimum atomic E-state index is -0.223. The maximum absolute atomic E-state index is 11.7. The monoisotopic (exact) mass is 249 g/mol. The number of nitriles is 1. The van der Waals surface area contributed by atoms with Gasteiger partial charge in [-0.3, -0.25) is 9.69 Å². The maximum Gasteiger partial charge on any atom is 0.224 e. The Kier molecular flexibility index (Phi) is 3.91. The van der Waals surface area contributed by atoms with Gasteiger partial charge in [0.25, 0.3) is 0 Å². The molecule has 100 valence electrons. The van der Waals surface area contributed by atoms with Crippen LogP contribution in [0.1, 0.15) is 39.5 Å². The molecule has 0 saturated carbocycles. The molecule has 0 bridgehead atoms. The average Bonchev–Trinajstić information content (AvgIpc) is 2.72. The minimum absolute atomic E-state index is 0.211. The fourth-order valence-electron chi connectivity index (χ4n) is 3.10. The number of carbonyl (C=O) groups is 1. The Morgan fingerprint density at radius 2 is 2.33 bits per heavy atom. The van der Waals surface area contributed by atoms with Crippen LogP contribution in [-0.4, -0.2) is 36.5 Å². The van der Waals surface area contributed by atoms with Gasteiger partial charge >= 0.3 is 0 Å². The Bertz CT molecular complexity index is 359. The summed E-state index contributed by atoms with van der Waals surface area (Å²) in [7, 11) is 0. The molecular weight excluding hydrogens is 226 g/mol. The highest BCUT2D eigenvalue weighted by atomic mass is 16.2. The molecule has 18 heavy (non-hydrogen) atoms. The third-order valence-electron chi connectivity index (χ3n) is 4.27. The lowest BCUT2D eigenvalue weighted by molar-refractivity contribution is -0.124. The van der Waals surface area contributed by atoms with E-state index in [9.17, 15) is 4.79 Å². The predicted octanol–water partition coefficient (Wildman–Crippen LogP) is 1.53. The lowest BCUT2D eigenvalue weighted by atomic mass is 9.88. The summed E-state index contributed by atoms with van der Waals surface area (Å²) in [6.07, 6.45) is 4.13. The van der Waals surface area contributed by atoms with E-state index in [2.05, 4.69) is 16.3 Å². The summed E-state index contributed by atoms with van der Waals surface area (Å²) in [6.45, 7) is 6.91. The van der Waals surface area contributed by atoms with Crippen LogP contribution >= 0.6 is 0 Å². The Morgan fingerprint density at radius 3 is 3.06 bits per heavy atom. The summed E-state index contributed by atoms with van der Waals surface area (Å²) < 4.78 is 0. The van der Waals surface area contributed by atoms with Gasteiger partial charge in [0.2, 0.25) is 5.91 Å². The van der Waals surface area contributed by atoms with Crippen LogP contribution in [0, 0.1) is 22.7 Å². The zero-order valence-corrected chi connectivity index (χ0v) is 11.4. The Balaban J connectivity index is 1.83. The fourth-order valence-corrected chi connectivity index (χ4v) is 3.10. The van der Waals surface area contributed by atoms with Gasteiger partial charge < -0.3 is 5.32 Å².